The quantitative estimate of drug-likeness (QED) is 0.646. The monoisotopic (exact) mass is 300 g/mol. The molecule has 1 aliphatic carbocycles. The predicted molar refractivity (Wildman–Crippen MR) is 88.4 cm³/mol. The summed E-state index contributed by atoms with van der Waals surface area (Å²) < 4.78 is 0. The largest absolute Gasteiger partial charge is 0.271 e. The second-order valence-electron chi connectivity index (χ2n) is 5.91. The van der Waals surface area contributed by atoms with Crippen LogP contribution in [0.3, 0.4) is 0 Å². The van der Waals surface area contributed by atoms with Gasteiger partial charge in [0, 0.05) is 5.02 Å². The highest BCUT2D eigenvalue weighted by molar-refractivity contribution is 6.31. The molecule has 1 fully saturated rings. The van der Waals surface area contributed by atoms with Gasteiger partial charge >= 0.3 is 0 Å². The Balaban J connectivity index is 1.93. The standard InChI is InChI=1S/C18H21ClN2/c1-12-10-16(8-9-17(12)19)18(21-20)15-7-3-6-14(11-15)13-4-2-5-13/h3,6-11,13,18,21H,2,4-5,20H2,1H3. The number of benzene rings is 2. The molecule has 0 saturated heterocycles. The zero-order valence-electron chi connectivity index (χ0n) is 12.3. The number of hydrogen-bond donors (Lipinski definition) is 2. The second kappa shape index (κ2) is 6.18. The van der Waals surface area contributed by atoms with Gasteiger partial charge in [-0.25, -0.2) is 5.43 Å². The van der Waals surface area contributed by atoms with Crippen molar-refractivity contribution in [3.8, 4) is 0 Å². The molecule has 1 saturated carbocycles. The molecule has 0 aliphatic heterocycles. The van der Waals surface area contributed by atoms with E-state index in [0.717, 1.165) is 22.1 Å². The maximum Gasteiger partial charge on any atom is 0.0710 e. The Labute approximate surface area is 131 Å². The van der Waals surface area contributed by atoms with E-state index < -0.39 is 0 Å². The van der Waals surface area contributed by atoms with E-state index in [2.05, 4.69) is 35.8 Å². The molecule has 21 heavy (non-hydrogen) atoms. The molecule has 1 atom stereocenters. The molecule has 3 N–H and O–H groups in total. The molecule has 0 aromatic heterocycles. The lowest BCUT2D eigenvalue weighted by atomic mass is 9.79. The van der Waals surface area contributed by atoms with Crippen LogP contribution in [0.1, 0.15) is 53.5 Å². The van der Waals surface area contributed by atoms with E-state index in [1.54, 1.807) is 0 Å². The van der Waals surface area contributed by atoms with E-state index in [-0.39, 0.29) is 6.04 Å². The first-order valence-electron chi connectivity index (χ1n) is 7.51. The molecule has 110 valence electrons. The van der Waals surface area contributed by atoms with E-state index >= 15 is 0 Å². The number of nitrogens with one attached hydrogen (secondary N) is 1. The normalized spacial score (nSPS) is 16.5. The summed E-state index contributed by atoms with van der Waals surface area (Å²) in [5.74, 6) is 6.55. The summed E-state index contributed by atoms with van der Waals surface area (Å²) in [6, 6.07) is 14.9. The lowest BCUT2D eigenvalue weighted by molar-refractivity contribution is 0.419. The van der Waals surface area contributed by atoms with E-state index in [0.29, 0.717) is 0 Å². The Hall–Kier alpha value is -1.35. The van der Waals surface area contributed by atoms with Crippen LogP contribution in [0.5, 0.6) is 0 Å². The van der Waals surface area contributed by atoms with Crippen molar-refractivity contribution in [2.75, 3.05) is 0 Å². The summed E-state index contributed by atoms with van der Waals surface area (Å²) in [5, 5.41) is 0.790. The lowest BCUT2D eigenvalue weighted by Gasteiger charge is -2.27. The SMILES string of the molecule is Cc1cc(C(NN)c2cccc(C3CCC3)c2)ccc1Cl. The smallest absolute Gasteiger partial charge is 0.0710 e. The van der Waals surface area contributed by atoms with Gasteiger partial charge in [-0.3, -0.25) is 5.84 Å². The summed E-state index contributed by atoms with van der Waals surface area (Å²) in [6.07, 6.45) is 3.97. The number of aryl methyl sites for hydroxylation is 1. The topological polar surface area (TPSA) is 38.0 Å². The molecule has 0 bridgehead atoms. The number of hydrazine groups is 1. The maximum atomic E-state index is 6.12. The number of rotatable bonds is 4. The van der Waals surface area contributed by atoms with Crippen molar-refractivity contribution in [3.05, 3.63) is 69.7 Å². The van der Waals surface area contributed by atoms with Crippen LogP contribution >= 0.6 is 11.6 Å². The summed E-state index contributed by atoms with van der Waals surface area (Å²) in [6.45, 7) is 2.02. The molecule has 3 rings (SSSR count). The summed E-state index contributed by atoms with van der Waals surface area (Å²) in [5.41, 5.74) is 7.80. The fraction of sp³-hybridized carbons (Fsp3) is 0.333. The second-order valence-corrected chi connectivity index (χ2v) is 6.31. The summed E-state index contributed by atoms with van der Waals surface area (Å²) >= 11 is 6.12. The van der Waals surface area contributed by atoms with Crippen molar-refractivity contribution in [3.63, 3.8) is 0 Å². The van der Waals surface area contributed by atoms with Crippen LogP contribution < -0.4 is 11.3 Å². The van der Waals surface area contributed by atoms with Gasteiger partial charge in [0.15, 0.2) is 0 Å². The first kappa shape index (κ1) is 14.6. The van der Waals surface area contributed by atoms with Gasteiger partial charge in [0.1, 0.15) is 0 Å². The van der Waals surface area contributed by atoms with Crippen LogP contribution in [0.25, 0.3) is 0 Å². The van der Waals surface area contributed by atoms with Gasteiger partial charge in [-0.1, -0.05) is 54.4 Å². The van der Waals surface area contributed by atoms with Crippen molar-refractivity contribution < 1.29 is 0 Å². The number of hydrogen-bond acceptors (Lipinski definition) is 2. The summed E-state index contributed by atoms with van der Waals surface area (Å²) in [4.78, 5) is 0. The van der Waals surface area contributed by atoms with Gasteiger partial charge in [0.05, 0.1) is 6.04 Å². The van der Waals surface area contributed by atoms with Gasteiger partial charge in [-0.2, -0.15) is 0 Å². The Morgan fingerprint density at radius 1 is 1.14 bits per heavy atom. The molecule has 0 heterocycles. The van der Waals surface area contributed by atoms with E-state index in [9.17, 15) is 0 Å². The van der Waals surface area contributed by atoms with Crippen LogP contribution in [-0.2, 0) is 0 Å². The minimum Gasteiger partial charge on any atom is -0.271 e. The van der Waals surface area contributed by atoms with Gasteiger partial charge in [-0.05, 0) is 54.0 Å². The average molecular weight is 301 g/mol. The van der Waals surface area contributed by atoms with E-state index in [1.165, 1.54) is 30.4 Å². The first-order valence-corrected chi connectivity index (χ1v) is 7.89. The van der Waals surface area contributed by atoms with Gasteiger partial charge in [0.2, 0.25) is 0 Å². The highest BCUT2D eigenvalue weighted by Gasteiger charge is 2.21. The van der Waals surface area contributed by atoms with Crippen LogP contribution in [-0.4, -0.2) is 0 Å². The van der Waals surface area contributed by atoms with Crippen molar-refractivity contribution in [2.24, 2.45) is 5.84 Å². The molecule has 1 unspecified atom stereocenters. The van der Waals surface area contributed by atoms with Crippen LogP contribution in [0.4, 0.5) is 0 Å². The third-order valence-corrected chi connectivity index (χ3v) is 4.93. The van der Waals surface area contributed by atoms with E-state index in [1.807, 2.05) is 19.1 Å². The van der Waals surface area contributed by atoms with Crippen molar-refractivity contribution >= 4 is 11.6 Å². The fourth-order valence-electron chi connectivity index (χ4n) is 2.97. The minimum atomic E-state index is 0.000920. The Morgan fingerprint density at radius 2 is 1.90 bits per heavy atom. The molecule has 1 aliphatic rings. The molecule has 0 amide bonds. The van der Waals surface area contributed by atoms with Gasteiger partial charge in [0.25, 0.3) is 0 Å². The molecule has 2 aromatic carbocycles. The average Bonchev–Trinajstić information content (AvgIpc) is 2.42. The lowest BCUT2D eigenvalue weighted by Crippen LogP contribution is -2.29. The zero-order chi connectivity index (χ0) is 14.8. The fourth-order valence-corrected chi connectivity index (χ4v) is 3.08. The van der Waals surface area contributed by atoms with Crippen molar-refractivity contribution in [1.29, 1.82) is 0 Å². The summed E-state index contributed by atoms with van der Waals surface area (Å²) in [7, 11) is 0. The molecule has 3 heteroatoms. The zero-order valence-corrected chi connectivity index (χ0v) is 13.0. The molecule has 0 radical (unpaired) electrons. The third-order valence-electron chi connectivity index (χ3n) is 4.50. The molecule has 2 aromatic rings. The molecule has 2 nitrogen and oxygen atoms in total. The molecular weight excluding hydrogens is 280 g/mol. The van der Waals surface area contributed by atoms with Gasteiger partial charge in [-0.15, -0.1) is 0 Å². The highest BCUT2D eigenvalue weighted by atomic mass is 35.5. The number of nitrogens with two attached hydrogens (primary N) is 1. The first-order chi connectivity index (χ1) is 10.2. The minimum absolute atomic E-state index is 0.000920. The molecule has 0 spiro atoms. The predicted octanol–water partition coefficient (Wildman–Crippen LogP) is 4.47. The van der Waals surface area contributed by atoms with E-state index in [4.69, 9.17) is 17.4 Å². The van der Waals surface area contributed by atoms with Crippen molar-refractivity contribution in [1.82, 2.24) is 5.43 Å². The van der Waals surface area contributed by atoms with Crippen molar-refractivity contribution in [2.45, 2.75) is 38.1 Å². The Kier molecular flexibility index (Phi) is 4.29. The molecular formula is C18H21ClN2. The van der Waals surface area contributed by atoms with Crippen LogP contribution in [0, 0.1) is 6.92 Å². The number of halogens is 1. The Morgan fingerprint density at radius 3 is 2.52 bits per heavy atom. The highest BCUT2D eigenvalue weighted by Crippen LogP contribution is 2.37. The maximum absolute atomic E-state index is 6.12. The van der Waals surface area contributed by atoms with Crippen LogP contribution in [0.2, 0.25) is 5.02 Å². The Bertz CT molecular complexity index is 635. The third kappa shape index (κ3) is 2.98. The van der Waals surface area contributed by atoms with Crippen LogP contribution in [0.15, 0.2) is 42.5 Å². The van der Waals surface area contributed by atoms with Gasteiger partial charge < -0.3 is 0 Å².